The number of hydrogen-bond acceptors (Lipinski definition) is 4. The van der Waals surface area contributed by atoms with Crippen LogP contribution in [-0.4, -0.2) is 27.2 Å². The molecule has 0 heterocycles. The molecule has 2 fully saturated rings. The Kier molecular flexibility index (Phi) is 2.86. The number of carbonyl (C=O) groups is 1. The predicted octanol–water partition coefficient (Wildman–Crippen LogP) is 2.49. The molecule has 4 heteroatoms. The first-order valence-corrected chi connectivity index (χ1v) is 8.19. The lowest BCUT2D eigenvalue weighted by Crippen LogP contribution is -2.42. The Morgan fingerprint density at radius 3 is 2.68 bits per heavy atom. The number of phenols is 2. The molecule has 5 atom stereocenters. The van der Waals surface area contributed by atoms with Crippen LogP contribution in [0.4, 0.5) is 0 Å². The van der Waals surface area contributed by atoms with E-state index in [1.807, 2.05) is 6.92 Å². The third-order valence-corrected chi connectivity index (χ3v) is 6.55. The van der Waals surface area contributed by atoms with Crippen LogP contribution in [0, 0.1) is 17.3 Å². The zero-order valence-electron chi connectivity index (χ0n) is 12.7. The number of carbonyl (C=O) groups excluding carboxylic acids is 1. The largest absolute Gasteiger partial charge is 0.504 e. The van der Waals surface area contributed by atoms with Gasteiger partial charge in [0.25, 0.3) is 0 Å². The van der Waals surface area contributed by atoms with Crippen molar-refractivity contribution < 1.29 is 20.1 Å². The fraction of sp³-hybridized carbons (Fsp3) is 0.611. The highest BCUT2D eigenvalue weighted by atomic mass is 16.3. The third-order valence-electron chi connectivity index (χ3n) is 6.55. The molecular weight excluding hydrogens is 280 g/mol. The molecule has 1 aromatic rings. The molecule has 0 bridgehead atoms. The number of rotatable bonds is 0. The standard InChI is InChI=1S/C18H22O4/c1-18-5-4-10-11(13(18)8-16(21)17(18)22)3-2-9-6-14(19)15(20)7-12(9)10/h6-7,10-11,13,16,19-21H,2-5,8H2,1H3/t10-,11+,13-,16+,18-/m0/s1. The summed E-state index contributed by atoms with van der Waals surface area (Å²) < 4.78 is 0. The Morgan fingerprint density at radius 1 is 1.18 bits per heavy atom. The molecule has 0 spiro atoms. The molecule has 0 aliphatic heterocycles. The second-order valence-electron chi connectivity index (χ2n) is 7.53. The molecule has 0 radical (unpaired) electrons. The Bertz CT molecular complexity index is 653. The van der Waals surface area contributed by atoms with Gasteiger partial charge in [-0.1, -0.05) is 6.92 Å². The Balaban J connectivity index is 1.74. The Morgan fingerprint density at radius 2 is 1.91 bits per heavy atom. The number of benzene rings is 1. The van der Waals surface area contributed by atoms with E-state index in [-0.39, 0.29) is 28.6 Å². The van der Waals surface area contributed by atoms with E-state index in [2.05, 4.69) is 0 Å². The van der Waals surface area contributed by atoms with Crippen molar-refractivity contribution in [1.29, 1.82) is 0 Å². The van der Waals surface area contributed by atoms with Gasteiger partial charge < -0.3 is 15.3 Å². The number of aromatic hydroxyl groups is 2. The first kappa shape index (κ1) is 14.1. The van der Waals surface area contributed by atoms with Gasteiger partial charge in [-0.25, -0.2) is 0 Å². The molecule has 0 unspecified atom stereocenters. The van der Waals surface area contributed by atoms with Crippen LogP contribution in [0.3, 0.4) is 0 Å². The maximum atomic E-state index is 12.4. The van der Waals surface area contributed by atoms with Crippen LogP contribution in [-0.2, 0) is 11.2 Å². The fourth-order valence-corrected chi connectivity index (χ4v) is 5.39. The summed E-state index contributed by atoms with van der Waals surface area (Å²) in [7, 11) is 0. The van der Waals surface area contributed by atoms with Crippen molar-refractivity contribution >= 4 is 5.78 Å². The van der Waals surface area contributed by atoms with E-state index < -0.39 is 6.10 Å². The van der Waals surface area contributed by atoms with E-state index in [1.165, 1.54) is 0 Å². The van der Waals surface area contributed by atoms with Crippen LogP contribution in [0.2, 0.25) is 0 Å². The first-order valence-electron chi connectivity index (χ1n) is 8.19. The number of aliphatic hydroxyl groups excluding tert-OH is 1. The number of aryl methyl sites for hydroxylation is 1. The molecule has 0 saturated heterocycles. The van der Waals surface area contributed by atoms with Gasteiger partial charge in [0.15, 0.2) is 17.3 Å². The van der Waals surface area contributed by atoms with Crippen LogP contribution in [0.15, 0.2) is 12.1 Å². The highest BCUT2D eigenvalue weighted by Gasteiger charge is 2.57. The van der Waals surface area contributed by atoms with Crippen molar-refractivity contribution in [2.75, 3.05) is 0 Å². The van der Waals surface area contributed by atoms with Crippen LogP contribution in [0.25, 0.3) is 0 Å². The monoisotopic (exact) mass is 302 g/mol. The van der Waals surface area contributed by atoms with Crippen LogP contribution < -0.4 is 0 Å². The molecule has 4 nitrogen and oxygen atoms in total. The molecule has 118 valence electrons. The van der Waals surface area contributed by atoms with Crippen LogP contribution in [0.5, 0.6) is 11.5 Å². The van der Waals surface area contributed by atoms with Crippen LogP contribution in [0.1, 0.15) is 49.7 Å². The molecular formula is C18H22O4. The van der Waals surface area contributed by atoms with Gasteiger partial charge in [0.1, 0.15) is 6.10 Å². The van der Waals surface area contributed by atoms with Crippen LogP contribution >= 0.6 is 0 Å². The summed E-state index contributed by atoms with van der Waals surface area (Å²) in [5, 5.41) is 29.6. The molecule has 0 amide bonds. The fourth-order valence-electron chi connectivity index (χ4n) is 5.39. The summed E-state index contributed by atoms with van der Waals surface area (Å²) in [5.74, 6) is 0.857. The van der Waals surface area contributed by atoms with Crippen molar-refractivity contribution in [3.63, 3.8) is 0 Å². The summed E-state index contributed by atoms with van der Waals surface area (Å²) in [6, 6.07) is 3.39. The van der Waals surface area contributed by atoms with E-state index in [0.29, 0.717) is 18.3 Å². The zero-order chi connectivity index (χ0) is 15.6. The predicted molar refractivity (Wildman–Crippen MR) is 80.8 cm³/mol. The normalized spacial score (nSPS) is 40.0. The minimum atomic E-state index is -0.802. The molecule has 3 N–H and O–H groups in total. The van der Waals surface area contributed by atoms with E-state index in [9.17, 15) is 20.1 Å². The van der Waals surface area contributed by atoms with Gasteiger partial charge in [0.05, 0.1) is 0 Å². The highest BCUT2D eigenvalue weighted by molar-refractivity contribution is 5.91. The van der Waals surface area contributed by atoms with Crippen molar-refractivity contribution in [2.45, 2.75) is 51.0 Å². The lowest BCUT2D eigenvalue weighted by atomic mass is 9.55. The second kappa shape index (κ2) is 4.48. The lowest BCUT2D eigenvalue weighted by Gasteiger charge is -2.48. The third kappa shape index (κ3) is 1.70. The number of aliphatic hydroxyl groups is 1. The molecule has 2 saturated carbocycles. The molecule has 3 aliphatic carbocycles. The summed E-state index contributed by atoms with van der Waals surface area (Å²) in [6.07, 6.45) is 3.34. The van der Waals surface area contributed by atoms with E-state index >= 15 is 0 Å². The highest BCUT2D eigenvalue weighted by Crippen LogP contribution is 2.60. The van der Waals surface area contributed by atoms with Gasteiger partial charge in [0, 0.05) is 5.41 Å². The van der Waals surface area contributed by atoms with Crippen molar-refractivity contribution in [2.24, 2.45) is 17.3 Å². The van der Waals surface area contributed by atoms with Crippen molar-refractivity contribution in [3.05, 3.63) is 23.3 Å². The Hall–Kier alpha value is -1.55. The molecule has 3 aliphatic rings. The number of Topliss-reactive ketones (excluding diaryl/α,β-unsaturated/α-hetero) is 1. The van der Waals surface area contributed by atoms with Gasteiger partial charge in [-0.3, -0.25) is 4.79 Å². The van der Waals surface area contributed by atoms with Crippen molar-refractivity contribution in [3.8, 4) is 11.5 Å². The van der Waals surface area contributed by atoms with Gasteiger partial charge in [-0.05, 0) is 73.1 Å². The summed E-state index contributed by atoms with van der Waals surface area (Å²) >= 11 is 0. The average molecular weight is 302 g/mol. The molecule has 4 rings (SSSR count). The van der Waals surface area contributed by atoms with Crippen molar-refractivity contribution in [1.82, 2.24) is 0 Å². The van der Waals surface area contributed by atoms with E-state index in [4.69, 9.17) is 0 Å². The van der Waals surface area contributed by atoms with Gasteiger partial charge in [0.2, 0.25) is 0 Å². The first-order chi connectivity index (χ1) is 10.4. The maximum Gasteiger partial charge on any atom is 0.167 e. The number of ketones is 1. The SMILES string of the molecule is C[C@]12CC[C@@H]3c4cc(O)c(O)cc4CC[C@H]3[C@@H]1C[C@@H](O)C2=O. The zero-order valence-corrected chi connectivity index (χ0v) is 12.7. The maximum absolute atomic E-state index is 12.4. The van der Waals surface area contributed by atoms with Gasteiger partial charge in [-0.15, -0.1) is 0 Å². The topological polar surface area (TPSA) is 77.8 Å². The summed E-state index contributed by atoms with van der Waals surface area (Å²) in [5.41, 5.74) is 1.87. The minimum Gasteiger partial charge on any atom is -0.504 e. The number of fused-ring (bicyclic) bond motifs is 5. The molecule has 22 heavy (non-hydrogen) atoms. The van der Waals surface area contributed by atoms with E-state index in [1.54, 1.807) is 12.1 Å². The Labute approximate surface area is 129 Å². The van der Waals surface area contributed by atoms with Gasteiger partial charge >= 0.3 is 0 Å². The van der Waals surface area contributed by atoms with E-state index in [0.717, 1.165) is 36.8 Å². The minimum absolute atomic E-state index is 0.0234. The smallest absolute Gasteiger partial charge is 0.167 e. The van der Waals surface area contributed by atoms with Gasteiger partial charge in [-0.2, -0.15) is 0 Å². The molecule has 0 aromatic heterocycles. The quantitative estimate of drug-likeness (QED) is 0.643. The second-order valence-corrected chi connectivity index (χ2v) is 7.53. The number of phenolic OH excluding ortho intramolecular Hbond substituents is 2. The average Bonchev–Trinajstić information content (AvgIpc) is 2.72. The number of hydrogen-bond donors (Lipinski definition) is 3. The summed E-state index contributed by atoms with van der Waals surface area (Å²) in [6.45, 7) is 2.02. The lowest BCUT2D eigenvalue weighted by molar-refractivity contribution is -0.134. The molecule has 1 aromatic carbocycles. The summed E-state index contributed by atoms with van der Waals surface area (Å²) in [4.78, 5) is 12.4.